The van der Waals surface area contributed by atoms with E-state index in [-0.39, 0.29) is 42.6 Å². The van der Waals surface area contributed by atoms with Crippen molar-refractivity contribution in [2.75, 3.05) is 21.7 Å². The molecule has 15 aromatic rings. The number of aryl methyl sites for hydroxylation is 3. The van der Waals surface area contributed by atoms with Gasteiger partial charge in [0, 0.05) is 26.7 Å². The van der Waals surface area contributed by atoms with E-state index in [1.807, 2.05) is 91.3 Å². The largest absolute Gasteiger partial charge is 0.416 e. The van der Waals surface area contributed by atoms with E-state index in [9.17, 15) is 53.9 Å². The predicted molar refractivity (Wildman–Crippen MR) is 374 cm³/mol. The summed E-state index contributed by atoms with van der Waals surface area (Å²) >= 11 is 1.24. The average molecular weight is 1470 g/mol. The normalized spacial score (nSPS) is 11.5. The Hall–Kier alpha value is -13.4. The van der Waals surface area contributed by atoms with Crippen molar-refractivity contribution < 1.29 is 63.0 Å². The van der Waals surface area contributed by atoms with Crippen molar-refractivity contribution in [3.05, 3.63) is 278 Å². The van der Waals surface area contributed by atoms with Gasteiger partial charge in [0.15, 0.2) is 34.6 Å². The molecule has 0 saturated carbocycles. The van der Waals surface area contributed by atoms with E-state index in [4.69, 9.17) is 15.5 Å². The standard InChI is InChI=1S/C20H16F3N5O2.C20H15F3N4OS.C18H12F3N5O2.C15H12N4/c1-11-3-8-15-17(25-19(29)16-10-30-27-12(16)2)26-28(18(15)24-11)9-13-4-6-14(7-5-13)20(21,22)23;1-12-16(10-24-29-12)19(28)25-18-15-4-2-3-5-17(15)27(26-18)11-13-6-8-14(9-7-13)20(21,22)23;19-18(20,21)12-7-5-11(6-8-12)10-26-15-4-2-1-3-13(15)16(24-26)23-17(27)14-9-22-28-25-14;16-9-11-5-7-12(8-6-11)10-19-14-4-2-1-3-13(14)15(17)18-19/h3-8,10H,9H2,1-2H3,(H,25,26,29);2-10H,11H2,1H3,(H,25,26,28);1-9H,10H2,(H,23,24,27);1-8H,10H2,(H2,17,18). The number of nitriles is 1. The second-order valence-corrected chi connectivity index (χ2v) is 24.6. The third kappa shape index (κ3) is 16.9. The van der Waals surface area contributed by atoms with Gasteiger partial charge in [-0.05, 0) is 157 Å². The van der Waals surface area contributed by atoms with Crippen LogP contribution in [0.15, 0.2) is 210 Å². The van der Waals surface area contributed by atoms with Crippen LogP contribution in [0.5, 0.6) is 0 Å². The third-order valence-corrected chi connectivity index (χ3v) is 17.0. The van der Waals surface area contributed by atoms with Crippen molar-refractivity contribution in [3.63, 3.8) is 0 Å². The number of hydrogen-bond donors (Lipinski definition) is 4. The molecule has 5 N–H and O–H groups in total. The van der Waals surface area contributed by atoms with Gasteiger partial charge in [-0.15, -0.1) is 0 Å². The lowest BCUT2D eigenvalue weighted by Gasteiger charge is -2.08. The summed E-state index contributed by atoms with van der Waals surface area (Å²) in [4.78, 5) is 42.5. The zero-order valence-corrected chi connectivity index (χ0v) is 56.4. The molecule has 15 rings (SSSR count). The van der Waals surface area contributed by atoms with Crippen molar-refractivity contribution in [1.82, 2.24) is 63.9 Å². The molecule has 0 radical (unpaired) electrons. The number of anilines is 4. The van der Waals surface area contributed by atoms with Crippen LogP contribution in [0, 0.1) is 32.1 Å². The second kappa shape index (κ2) is 30.7. The van der Waals surface area contributed by atoms with Gasteiger partial charge in [-0.1, -0.05) is 95.2 Å². The number of nitrogens with two attached hydrogens (primary N) is 1. The van der Waals surface area contributed by atoms with E-state index in [1.54, 1.807) is 57.4 Å². The molecule has 33 heteroatoms. The summed E-state index contributed by atoms with van der Waals surface area (Å²) in [5, 5.41) is 48.1. The molecule has 0 spiro atoms. The summed E-state index contributed by atoms with van der Waals surface area (Å²) in [7, 11) is 0. The van der Waals surface area contributed by atoms with Crippen LogP contribution < -0.4 is 21.7 Å². The van der Waals surface area contributed by atoms with Crippen LogP contribution in [0.2, 0.25) is 0 Å². The number of fused-ring (bicyclic) bond motifs is 4. The molecule has 0 aliphatic heterocycles. The van der Waals surface area contributed by atoms with Gasteiger partial charge >= 0.3 is 18.5 Å². The van der Waals surface area contributed by atoms with Crippen LogP contribution in [0.3, 0.4) is 0 Å². The number of rotatable bonds is 14. The number of nitrogens with one attached hydrogen (secondary N) is 3. The Morgan fingerprint density at radius 2 is 0.915 bits per heavy atom. The van der Waals surface area contributed by atoms with Gasteiger partial charge in [0.1, 0.15) is 18.0 Å². The molecule has 8 heterocycles. The molecule has 0 aliphatic carbocycles. The lowest BCUT2D eigenvalue weighted by molar-refractivity contribution is -0.138. The lowest BCUT2D eigenvalue weighted by Crippen LogP contribution is -2.13. The molecule has 0 bridgehead atoms. The Kier molecular flexibility index (Phi) is 21.0. The van der Waals surface area contributed by atoms with Gasteiger partial charge in [0.2, 0.25) is 0 Å². The highest BCUT2D eigenvalue weighted by atomic mass is 32.1. The number of pyridine rings is 1. The average Bonchev–Trinajstić information content (AvgIpc) is 1.65. The van der Waals surface area contributed by atoms with Gasteiger partial charge in [0.25, 0.3) is 17.7 Å². The first-order chi connectivity index (χ1) is 50.7. The Labute approximate surface area is 597 Å². The van der Waals surface area contributed by atoms with Crippen LogP contribution in [0.25, 0.3) is 43.7 Å². The van der Waals surface area contributed by atoms with E-state index in [0.717, 1.165) is 79.9 Å². The zero-order chi connectivity index (χ0) is 75.0. The zero-order valence-electron chi connectivity index (χ0n) is 55.6. The molecule has 0 unspecified atom stereocenters. The van der Waals surface area contributed by atoms with Crippen LogP contribution in [-0.2, 0) is 44.7 Å². The number of halogens is 9. The molecule has 0 fully saturated rings. The summed E-state index contributed by atoms with van der Waals surface area (Å²) in [5.74, 6) is 0.251. The highest BCUT2D eigenvalue weighted by Gasteiger charge is 2.32. The van der Waals surface area contributed by atoms with Gasteiger partial charge in [0.05, 0.1) is 93.9 Å². The van der Waals surface area contributed by atoms with Crippen molar-refractivity contribution in [2.45, 2.75) is 65.5 Å². The molecule has 106 heavy (non-hydrogen) atoms. The van der Waals surface area contributed by atoms with Gasteiger partial charge < -0.3 is 26.2 Å². The maximum absolute atomic E-state index is 12.8. The number of hydrogen-bond acceptors (Lipinski definition) is 17. The van der Waals surface area contributed by atoms with E-state index < -0.39 is 47.0 Å². The first kappa shape index (κ1) is 72.4. The van der Waals surface area contributed by atoms with E-state index in [2.05, 4.69) is 71.9 Å². The monoisotopic (exact) mass is 1470 g/mol. The molecule has 536 valence electrons. The molecule has 3 amide bonds. The number of aromatic nitrogens is 13. The fraction of sp³-hybridized carbons (Fsp3) is 0.137. The van der Waals surface area contributed by atoms with Crippen molar-refractivity contribution >= 4 is 96.3 Å². The minimum absolute atomic E-state index is 0.00127. The molecular weight excluding hydrogens is 1410 g/mol. The van der Waals surface area contributed by atoms with Gasteiger partial charge in [-0.25, -0.2) is 18.7 Å². The Morgan fingerprint density at radius 3 is 1.36 bits per heavy atom. The lowest BCUT2D eigenvalue weighted by atomic mass is 10.1. The fourth-order valence-electron chi connectivity index (χ4n) is 10.9. The number of alkyl halides is 9. The predicted octanol–water partition coefficient (Wildman–Crippen LogP) is 15.8. The first-order valence-electron chi connectivity index (χ1n) is 31.7. The number of nitrogen functional groups attached to an aromatic ring is 1. The Balaban J connectivity index is 0.000000134. The number of para-hydroxylation sites is 3. The van der Waals surface area contributed by atoms with Crippen molar-refractivity contribution in [2.24, 2.45) is 0 Å². The summed E-state index contributed by atoms with van der Waals surface area (Å²) in [6.07, 6.45) is -9.22. The number of nitrogens with zero attached hydrogens (tertiary/aromatic N) is 14. The van der Waals surface area contributed by atoms with Gasteiger partial charge in [-0.3, -0.25) is 28.4 Å². The molecule has 0 saturated heterocycles. The molecule has 0 aliphatic rings. The Bertz CT molecular complexity index is 5680. The van der Waals surface area contributed by atoms with Crippen LogP contribution >= 0.6 is 11.5 Å². The number of carbonyl (C=O) groups excluding carboxylic acids is 3. The summed E-state index contributed by atoms with van der Waals surface area (Å²) in [6, 6.07) is 50.2. The summed E-state index contributed by atoms with van der Waals surface area (Å²) in [5.41, 5.74) is 12.4. The fourth-order valence-corrected chi connectivity index (χ4v) is 11.5. The topological polar surface area (TPSA) is 299 Å². The first-order valence-corrected chi connectivity index (χ1v) is 32.5. The van der Waals surface area contributed by atoms with Crippen molar-refractivity contribution in [3.8, 4) is 6.07 Å². The summed E-state index contributed by atoms with van der Waals surface area (Å²) < 4.78 is 135. The highest BCUT2D eigenvalue weighted by Crippen LogP contribution is 2.34. The Morgan fingerprint density at radius 1 is 0.491 bits per heavy atom. The maximum atomic E-state index is 12.8. The third-order valence-electron chi connectivity index (χ3n) is 16.3. The SMILES string of the molecule is Cc1ccc2c(NC(=O)c3conc3C)nn(Cc3ccc(C(F)(F)F)cc3)c2n1.Cc1sncc1C(=O)Nc1nn(Cc2ccc(C(F)(F)F)cc2)c2ccccc12.N#Cc1ccc(Cn2nc(N)c3ccccc32)cc1.O=C(Nc1nn(Cc2ccc(C(F)(F)F)cc2)c2ccccc12)c1cnon1. The molecule has 8 aromatic heterocycles. The van der Waals surface area contributed by atoms with Crippen LogP contribution in [0.1, 0.15) is 92.0 Å². The quantitative estimate of drug-likeness (QED) is 0.0736. The van der Waals surface area contributed by atoms with E-state index in [0.29, 0.717) is 73.9 Å². The number of carbonyl (C=O) groups is 3. The number of benzene rings is 7. The second-order valence-electron chi connectivity index (χ2n) is 23.6. The van der Waals surface area contributed by atoms with Crippen LogP contribution in [-0.4, -0.2) is 81.7 Å². The van der Waals surface area contributed by atoms with E-state index in [1.165, 1.54) is 66.6 Å². The highest BCUT2D eigenvalue weighted by molar-refractivity contribution is 7.06. The van der Waals surface area contributed by atoms with E-state index >= 15 is 0 Å². The summed E-state index contributed by atoms with van der Waals surface area (Å²) in [6.45, 7) is 6.61. The maximum Gasteiger partial charge on any atom is 0.416 e. The minimum atomic E-state index is -4.40. The van der Waals surface area contributed by atoms with Crippen molar-refractivity contribution in [1.29, 1.82) is 5.26 Å². The smallest absolute Gasteiger partial charge is 0.382 e. The molecular formula is C73H55F9N18O5S. The van der Waals surface area contributed by atoms with Crippen LogP contribution in [0.4, 0.5) is 62.8 Å². The molecule has 7 aromatic carbocycles. The van der Waals surface area contributed by atoms with Gasteiger partial charge in [-0.2, -0.15) is 65.2 Å². The number of amides is 3. The molecule has 23 nitrogen and oxygen atoms in total. The molecule has 0 atom stereocenters. The minimum Gasteiger partial charge on any atom is -0.382 e.